The molecule has 0 spiro atoms. The highest BCUT2D eigenvalue weighted by molar-refractivity contribution is 6.04. The minimum Gasteiger partial charge on any atom is -0.496 e. The van der Waals surface area contributed by atoms with E-state index >= 15 is 0 Å². The first-order valence-corrected chi connectivity index (χ1v) is 13.2. The summed E-state index contributed by atoms with van der Waals surface area (Å²) in [4.78, 5) is 25.7. The topological polar surface area (TPSA) is 67.4 Å². The molecule has 0 bridgehead atoms. The summed E-state index contributed by atoms with van der Waals surface area (Å²) >= 11 is 0. The number of benzene rings is 2. The van der Waals surface area contributed by atoms with Gasteiger partial charge in [0.2, 0.25) is 11.8 Å². The molecule has 2 N–H and O–H groups in total. The number of carbonyl (C=O) groups excluding carboxylic acids is 2. The van der Waals surface area contributed by atoms with Gasteiger partial charge in [-0.1, -0.05) is 44.2 Å². The van der Waals surface area contributed by atoms with E-state index in [-0.39, 0.29) is 34.6 Å². The van der Waals surface area contributed by atoms with Gasteiger partial charge >= 0.3 is 0 Å². The minimum absolute atomic E-state index is 0.0261. The van der Waals surface area contributed by atoms with Gasteiger partial charge in [-0.25, -0.2) is 0 Å². The van der Waals surface area contributed by atoms with Gasteiger partial charge in [-0.2, -0.15) is 0 Å². The van der Waals surface area contributed by atoms with Gasteiger partial charge in [0, 0.05) is 33.8 Å². The Kier molecular flexibility index (Phi) is 5.24. The zero-order valence-electron chi connectivity index (χ0n) is 21.0. The Hall–Kier alpha value is -2.82. The molecule has 5 heteroatoms. The fraction of sp³-hybridized carbons (Fsp3) is 0.533. The molecule has 3 aliphatic carbocycles. The number of amides is 2. The molecule has 1 heterocycles. The van der Waals surface area contributed by atoms with Crippen molar-refractivity contribution in [1.29, 1.82) is 0 Å². The van der Waals surface area contributed by atoms with Crippen molar-refractivity contribution in [2.45, 2.75) is 58.4 Å². The summed E-state index contributed by atoms with van der Waals surface area (Å²) in [5, 5.41) is 8.58. The third kappa shape index (κ3) is 3.34. The molecule has 5 nitrogen and oxygen atoms in total. The normalized spacial score (nSPS) is 37.7. The Morgan fingerprint density at radius 2 is 1.80 bits per heavy atom. The smallest absolute Gasteiger partial charge is 0.243 e. The highest BCUT2D eigenvalue weighted by Gasteiger charge is 2.60. The van der Waals surface area contributed by atoms with Gasteiger partial charge in [0.15, 0.2) is 0 Å². The Morgan fingerprint density at radius 3 is 2.63 bits per heavy atom. The summed E-state index contributed by atoms with van der Waals surface area (Å²) in [5.41, 5.74) is 0.919. The molecule has 0 radical (unpaired) electrons. The molecule has 2 aromatic carbocycles. The SMILES string of the molecule is COc1cccc2c(NC(=O)[C@H]3CC[C@H]4[C@@H]5CC[C@H]6NC(=O)C=C[C@]6(C)[C@H]5CC[C@]34C)cccc12. The third-order valence-electron chi connectivity index (χ3n) is 10.4. The van der Waals surface area contributed by atoms with Gasteiger partial charge in [-0.15, -0.1) is 0 Å². The van der Waals surface area contributed by atoms with Crippen LogP contribution in [-0.2, 0) is 9.59 Å². The van der Waals surface area contributed by atoms with E-state index in [1.165, 1.54) is 0 Å². The quantitative estimate of drug-likeness (QED) is 0.602. The summed E-state index contributed by atoms with van der Waals surface area (Å²) in [6.07, 6.45) is 10.4. The molecule has 3 fully saturated rings. The van der Waals surface area contributed by atoms with Crippen LogP contribution in [-0.4, -0.2) is 25.0 Å². The van der Waals surface area contributed by atoms with Crippen LogP contribution in [0.5, 0.6) is 5.75 Å². The number of ether oxygens (including phenoxy) is 1. The van der Waals surface area contributed by atoms with E-state index in [1.807, 2.05) is 36.4 Å². The second-order valence-corrected chi connectivity index (χ2v) is 11.7. The second-order valence-electron chi connectivity index (χ2n) is 11.7. The molecule has 0 unspecified atom stereocenters. The number of anilines is 1. The molecule has 2 amide bonds. The maximum Gasteiger partial charge on any atom is 0.243 e. The largest absolute Gasteiger partial charge is 0.496 e. The lowest BCUT2D eigenvalue weighted by molar-refractivity contribution is -0.129. The van der Waals surface area contributed by atoms with Gasteiger partial charge in [0.1, 0.15) is 5.75 Å². The molecule has 4 aliphatic rings. The molecule has 1 aliphatic heterocycles. The maximum atomic E-state index is 13.8. The average molecular weight is 473 g/mol. The van der Waals surface area contributed by atoms with Crippen LogP contribution >= 0.6 is 0 Å². The summed E-state index contributed by atoms with van der Waals surface area (Å²) in [6.45, 7) is 4.73. The average Bonchev–Trinajstić information content (AvgIpc) is 3.21. The Bertz CT molecular complexity index is 1220. The van der Waals surface area contributed by atoms with E-state index in [9.17, 15) is 9.59 Å². The van der Waals surface area contributed by atoms with E-state index in [0.717, 1.165) is 60.7 Å². The molecular formula is C30H36N2O3. The number of carbonyl (C=O) groups is 2. The fourth-order valence-electron chi connectivity index (χ4n) is 8.55. The lowest BCUT2D eigenvalue weighted by Gasteiger charge is -2.58. The number of fused-ring (bicyclic) bond motifs is 6. The van der Waals surface area contributed by atoms with Crippen molar-refractivity contribution in [3.05, 3.63) is 48.6 Å². The van der Waals surface area contributed by atoms with Crippen molar-refractivity contribution < 1.29 is 14.3 Å². The van der Waals surface area contributed by atoms with Crippen LogP contribution in [0.25, 0.3) is 10.8 Å². The Balaban J connectivity index is 1.25. The van der Waals surface area contributed by atoms with Crippen LogP contribution in [0.15, 0.2) is 48.6 Å². The van der Waals surface area contributed by atoms with Crippen LogP contribution in [0.4, 0.5) is 5.69 Å². The summed E-state index contributed by atoms with van der Waals surface area (Å²) in [5.74, 6) is 2.82. The number of rotatable bonds is 3. The van der Waals surface area contributed by atoms with Crippen molar-refractivity contribution >= 4 is 28.3 Å². The fourth-order valence-corrected chi connectivity index (χ4v) is 8.55. The number of hydrogen-bond donors (Lipinski definition) is 2. The first kappa shape index (κ1) is 22.6. The summed E-state index contributed by atoms with van der Waals surface area (Å²) in [6, 6.07) is 12.2. The second kappa shape index (κ2) is 8.11. The van der Waals surface area contributed by atoms with E-state index in [0.29, 0.717) is 17.8 Å². The van der Waals surface area contributed by atoms with Crippen molar-refractivity contribution in [3.8, 4) is 5.75 Å². The lowest BCUT2D eigenvalue weighted by Crippen LogP contribution is -2.59. The summed E-state index contributed by atoms with van der Waals surface area (Å²) < 4.78 is 5.54. The molecule has 35 heavy (non-hydrogen) atoms. The number of methoxy groups -OCH3 is 1. The molecule has 2 aromatic rings. The monoisotopic (exact) mass is 472 g/mol. The highest BCUT2D eigenvalue weighted by Crippen LogP contribution is 2.65. The standard InChI is InChI=1S/C30H36N2O3/c1-29-16-14-22-20(10-13-26-30(22,2)17-15-27(33)32-26)21(29)11-12-23(29)28(34)31-24-8-4-7-19-18(24)6-5-9-25(19)35-3/h4-9,15,17,20-23,26H,10-14,16H2,1-3H3,(H,31,34)(H,32,33)/t20-,21-,22-,23+,26+,29-,30+/m0/s1. The van der Waals surface area contributed by atoms with Crippen LogP contribution in [0.2, 0.25) is 0 Å². The van der Waals surface area contributed by atoms with Crippen LogP contribution in [0.3, 0.4) is 0 Å². The van der Waals surface area contributed by atoms with Crippen molar-refractivity contribution in [1.82, 2.24) is 5.32 Å². The van der Waals surface area contributed by atoms with E-state index < -0.39 is 0 Å². The van der Waals surface area contributed by atoms with Gasteiger partial charge in [-0.3, -0.25) is 9.59 Å². The minimum atomic E-state index is 0.0261. The van der Waals surface area contributed by atoms with Crippen molar-refractivity contribution in [2.75, 3.05) is 12.4 Å². The van der Waals surface area contributed by atoms with E-state index in [4.69, 9.17) is 4.74 Å². The molecule has 7 atom stereocenters. The zero-order valence-corrected chi connectivity index (χ0v) is 21.0. The van der Waals surface area contributed by atoms with E-state index in [1.54, 1.807) is 13.2 Å². The molecule has 3 saturated carbocycles. The molecule has 0 saturated heterocycles. The third-order valence-corrected chi connectivity index (χ3v) is 10.4. The molecule has 6 rings (SSSR count). The van der Waals surface area contributed by atoms with Gasteiger partial charge in [-0.05, 0) is 79.9 Å². The van der Waals surface area contributed by atoms with Crippen molar-refractivity contribution in [3.63, 3.8) is 0 Å². The van der Waals surface area contributed by atoms with Gasteiger partial charge in [0.05, 0.1) is 7.11 Å². The highest BCUT2D eigenvalue weighted by atomic mass is 16.5. The van der Waals surface area contributed by atoms with Crippen LogP contribution < -0.4 is 15.4 Å². The molecule has 0 aromatic heterocycles. The number of nitrogens with one attached hydrogen (secondary N) is 2. The zero-order chi connectivity index (χ0) is 24.4. The number of hydrogen-bond acceptors (Lipinski definition) is 3. The molecular weight excluding hydrogens is 436 g/mol. The van der Waals surface area contributed by atoms with Crippen LogP contribution in [0.1, 0.15) is 52.4 Å². The van der Waals surface area contributed by atoms with Gasteiger partial charge in [0.25, 0.3) is 0 Å². The summed E-state index contributed by atoms with van der Waals surface area (Å²) in [7, 11) is 1.68. The first-order valence-electron chi connectivity index (χ1n) is 13.2. The maximum absolute atomic E-state index is 13.8. The van der Waals surface area contributed by atoms with Crippen LogP contribution in [0, 0.1) is 34.5 Å². The first-order chi connectivity index (χ1) is 16.8. The Labute approximate surface area is 207 Å². The predicted octanol–water partition coefficient (Wildman–Crippen LogP) is 5.70. The van der Waals surface area contributed by atoms with E-state index in [2.05, 4.69) is 30.6 Å². The van der Waals surface area contributed by atoms with Gasteiger partial charge < -0.3 is 15.4 Å². The molecule has 184 valence electrons. The predicted molar refractivity (Wildman–Crippen MR) is 138 cm³/mol. The van der Waals surface area contributed by atoms with Crippen molar-refractivity contribution in [2.24, 2.45) is 34.5 Å². The lowest BCUT2D eigenvalue weighted by atomic mass is 9.48. The Morgan fingerprint density at radius 1 is 1.00 bits per heavy atom.